The fourth-order valence-electron chi connectivity index (χ4n) is 3.46. The van der Waals surface area contributed by atoms with E-state index >= 15 is 0 Å². The Labute approximate surface area is 119 Å². The van der Waals surface area contributed by atoms with Crippen molar-refractivity contribution in [2.45, 2.75) is 56.8 Å². The highest BCUT2D eigenvalue weighted by Gasteiger charge is 2.43. The van der Waals surface area contributed by atoms with Crippen LogP contribution in [-0.4, -0.2) is 18.3 Å². The molecule has 3 nitrogen and oxygen atoms in total. The van der Waals surface area contributed by atoms with Crippen molar-refractivity contribution >= 4 is 0 Å². The Hall–Kier alpha value is -1.13. The number of halogens is 1. The van der Waals surface area contributed by atoms with Crippen molar-refractivity contribution in [2.24, 2.45) is 5.73 Å². The summed E-state index contributed by atoms with van der Waals surface area (Å²) in [4.78, 5) is 0. The summed E-state index contributed by atoms with van der Waals surface area (Å²) < 4.78 is 25.4. The standard InChI is InChI=1S/C16H22FNO2/c1-2-3-12-9-16(6-7-19-12)10-14(18)13-8-11(17)4-5-15(13)20-16/h4-5,8,12,14H,2-3,6-7,9-10,18H2,1H3. The van der Waals surface area contributed by atoms with Gasteiger partial charge in [0.25, 0.3) is 0 Å². The maximum absolute atomic E-state index is 13.3. The first-order valence-electron chi connectivity index (χ1n) is 7.47. The molecule has 2 N–H and O–H groups in total. The van der Waals surface area contributed by atoms with E-state index in [2.05, 4.69) is 6.92 Å². The van der Waals surface area contributed by atoms with E-state index in [0.29, 0.717) is 6.61 Å². The van der Waals surface area contributed by atoms with E-state index in [-0.39, 0.29) is 23.6 Å². The Bertz CT molecular complexity index is 491. The summed E-state index contributed by atoms with van der Waals surface area (Å²) in [7, 11) is 0. The van der Waals surface area contributed by atoms with Gasteiger partial charge in [-0.15, -0.1) is 0 Å². The van der Waals surface area contributed by atoms with Crippen molar-refractivity contribution < 1.29 is 13.9 Å². The van der Waals surface area contributed by atoms with Gasteiger partial charge in [0.05, 0.1) is 12.7 Å². The van der Waals surface area contributed by atoms with Gasteiger partial charge in [-0.1, -0.05) is 13.3 Å². The molecule has 0 bridgehead atoms. The van der Waals surface area contributed by atoms with Gasteiger partial charge in [-0.3, -0.25) is 0 Å². The van der Waals surface area contributed by atoms with Gasteiger partial charge in [0.15, 0.2) is 0 Å². The minimum Gasteiger partial charge on any atom is -0.487 e. The number of ether oxygens (including phenoxy) is 2. The first-order chi connectivity index (χ1) is 9.62. The molecule has 20 heavy (non-hydrogen) atoms. The molecule has 4 heteroatoms. The van der Waals surface area contributed by atoms with Gasteiger partial charge in [-0.05, 0) is 24.6 Å². The van der Waals surface area contributed by atoms with Crippen LogP contribution >= 0.6 is 0 Å². The summed E-state index contributed by atoms with van der Waals surface area (Å²) in [5, 5.41) is 0. The van der Waals surface area contributed by atoms with E-state index in [4.69, 9.17) is 15.2 Å². The molecule has 1 spiro atoms. The van der Waals surface area contributed by atoms with E-state index in [1.54, 1.807) is 6.07 Å². The van der Waals surface area contributed by atoms with Gasteiger partial charge in [0, 0.05) is 30.9 Å². The van der Waals surface area contributed by atoms with Crippen molar-refractivity contribution in [1.82, 2.24) is 0 Å². The quantitative estimate of drug-likeness (QED) is 0.903. The number of nitrogens with two attached hydrogens (primary N) is 1. The van der Waals surface area contributed by atoms with Crippen LogP contribution in [0, 0.1) is 5.82 Å². The van der Waals surface area contributed by atoms with Crippen LogP contribution in [0.3, 0.4) is 0 Å². The first kappa shape index (κ1) is 13.8. The number of hydrogen-bond donors (Lipinski definition) is 1. The molecule has 2 heterocycles. The second kappa shape index (κ2) is 5.34. The first-order valence-corrected chi connectivity index (χ1v) is 7.47. The van der Waals surface area contributed by atoms with Crippen LogP contribution < -0.4 is 10.5 Å². The molecular weight excluding hydrogens is 257 g/mol. The molecule has 3 rings (SSSR count). The van der Waals surface area contributed by atoms with Gasteiger partial charge >= 0.3 is 0 Å². The highest BCUT2D eigenvalue weighted by atomic mass is 19.1. The van der Waals surface area contributed by atoms with Crippen molar-refractivity contribution in [1.29, 1.82) is 0 Å². The fraction of sp³-hybridized carbons (Fsp3) is 0.625. The normalized spacial score (nSPS) is 32.8. The Kier molecular flexibility index (Phi) is 3.69. The van der Waals surface area contributed by atoms with E-state index in [1.165, 1.54) is 12.1 Å². The van der Waals surface area contributed by atoms with Crippen molar-refractivity contribution in [3.63, 3.8) is 0 Å². The molecule has 1 aromatic carbocycles. The smallest absolute Gasteiger partial charge is 0.125 e. The Morgan fingerprint density at radius 3 is 3.05 bits per heavy atom. The van der Waals surface area contributed by atoms with Crippen LogP contribution in [-0.2, 0) is 4.74 Å². The third-order valence-corrected chi connectivity index (χ3v) is 4.41. The van der Waals surface area contributed by atoms with E-state index in [1.807, 2.05) is 0 Å². The summed E-state index contributed by atoms with van der Waals surface area (Å²) in [6, 6.07) is 4.48. The zero-order valence-electron chi connectivity index (χ0n) is 11.9. The zero-order valence-corrected chi connectivity index (χ0v) is 11.9. The van der Waals surface area contributed by atoms with Gasteiger partial charge in [0.2, 0.25) is 0 Å². The summed E-state index contributed by atoms with van der Waals surface area (Å²) in [6.45, 7) is 2.88. The molecule has 1 aromatic rings. The second-order valence-electron chi connectivity index (χ2n) is 6.01. The van der Waals surface area contributed by atoms with E-state index in [9.17, 15) is 4.39 Å². The average molecular weight is 279 g/mol. The van der Waals surface area contributed by atoms with Gasteiger partial charge in [0.1, 0.15) is 17.2 Å². The Morgan fingerprint density at radius 1 is 1.40 bits per heavy atom. The van der Waals surface area contributed by atoms with Gasteiger partial charge in [-0.2, -0.15) is 0 Å². The molecule has 0 saturated carbocycles. The summed E-state index contributed by atoms with van der Waals surface area (Å²) in [6.07, 6.45) is 4.89. The minimum absolute atomic E-state index is 0.158. The van der Waals surface area contributed by atoms with Gasteiger partial charge in [-0.25, -0.2) is 4.39 Å². The van der Waals surface area contributed by atoms with E-state index < -0.39 is 0 Å². The molecule has 0 radical (unpaired) electrons. The molecule has 3 atom stereocenters. The Balaban J connectivity index is 1.84. The molecule has 2 aliphatic heterocycles. The SMILES string of the molecule is CCCC1CC2(CCO1)CC(N)c1cc(F)ccc1O2. The van der Waals surface area contributed by atoms with Crippen LogP contribution in [0.2, 0.25) is 0 Å². The van der Waals surface area contributed by atoms with Crippen LogP contribution in [0.25, 0.3) is 0 Å². The van der Waals surface area contributed by atoms with Crippen molar-refractivity contribution in [2.75, 3.05) is 6.61 Å². The highest BCUT2D eigenvalue weighted by molar-refractivity contribution is 5.39. The minimum atomic E-state index is -0.255. The molecule has 0 amide bonds. The van der Waals surface area contributed by atoms with Crippen LogP contribution in [0.15, 0.2) is 18.2 Å². The van der Waals surface area contributed by atoms with Crippen molar-refractivity contribution in [3.8, 4) is 5.75 Å². The van der Waals surface area contributed by atoms with Crippen LogP contribution in [0.1, 0.15) is 50.6 Å². The largest absolute Gasteiger partial charge is 0.487 e. The third-order valence-electron chi connectivity index (χ3n) is 4.41. The van der Waals surface area contributed by atoms with Crippen molar-refractivity contribution in [3.05, 3.63) is 29.6 Å². The summed E-state index contributed by atoms with van der Waals surface area (Å²) in [5.74, 6) is 0.483. The number of benzene rings is 1. The molecule has 3 unspecified atom stereocenters. The maximum atomic E-state index is 13.3. The predicted octanol–water partition coefficient (Wildman–Crippen LogP) is 3.33. The maximum Gasteiger partial charge on any atom is 0.125 e. The molecule has 0 aromatic heterocycles. The Morgan fingerprint density at radius 2 is 2.25 bits per heavy atom. The third kappa shape index (κ3) is 2.54. The monoisotopic (exact) mass is 279 g/mol. The molecule has 110 valence electrons. The van der Waals surface area contributed by atoms with Crippen LogP contribution in [0.5, 0.6) is 5.75 Å². The zero-order chi connectivity index (χ0) is 14.2. The molecule has 2 aliphatic rings. The lowest BCUT2D eigenvalue weighted by Crippen LogP contribution is -2.49. The average Bonchev–Trinajstić information content (AvgIpc) is 2.40. The highest BCUT2D eigenvalue weighted by Crippen LogP contribution is 2.44. The topological polar surface area (TPSA) is 44.5 Å². The van der Waals surface area contributed by atoms with E-state index in [0.717, 1.165) is 43.4 Å². The summed E-state index contributed by atoms with van der Waals surface area (Å²) >= 11 is 0. The molecule has 0 aliphatic carbocycles. The lowest BCUT2D eigenvalue weighted by molar-refractivity contribution is -0.103. The number of hydrogen-bond acceptors (Lipinski definition) is 3. The second-order valence-corrected chi connectivity index (χ2v) is 6.01. The van der Waals surface area contributed by atoms with Crippen LogP contribution in [0.4, 0.5) is 4.39 Å². The molecule has 1 saturated heterocycles. The van der Waals surface area contributed by atoms with Gasteiger partial charge < -0.3 is 15.2 Å². The summed E-state index contributed by atoms with van der Waals surface area (Å²) in [5.41, 5.74) is 6.81. The number of rotatable bonds is 2. The fourth-order valence-corrected chi connectivity index (χ4v) is 3.46. The molecular formula is C16H22FNO2. The number of fused-ring (bicyclic) bond motifs is 1. The predicted molar refractivity (Wildman–Crippen MR) is 75.2 cm³/mol. The lowest BCUT2D eigenvalue weighted by Gasteiger charge is -2.45. The lowest BCUT2D eigenvalue weighted by atomic mass is 9.79. The molecule has 1 fully saturated rings.